The molecule has 0 fully saturated rings. The third-order valence-corrected chi connectivity index (χ3v) is 2.34. The van der Waals surface area contributed by atoms with Crippen molar-refractivity contribution >= 4 is 0 Å². The smallest absolute Gasteiger partial charge is 0.00237 e. The number of allylic oxidation sites excluding steroid dienone is 5. The Hall–Kier alpha value is -0.780. The van der Waals surface area contributed by atoms with Gasteiger partial charge in [0.2, 0.25) is 0 Å². The van der Waals surface area contributed by atoms with E-state index in [1.807, 2.05) is 0 Å². The van der Waals surface area contributed by atoms with Crippen molar-refractivity contribution in [1.82, 2.24) is 0 Å². The molecule has 0 bridgehead atoms. The summed E-state index contributed by atoms with van der Waals surface area (Å²) in [6.07, 6.45) is 9.00. The molecule has 0 aromatic heterocycles. The summed E-state index contributed by atoms with van der Waals surface area (Å²) in [6, 6.07) is 0. The fourth-order valence-electron chi connectivity index (χ4n) is 1.30. The van der Waals surface area contributed by atoms with Crippen LogP contribution in [0.5, 0.6) is 0 Å². The second-order valence-electron chi connectivity index (χ2n) is 3.28. The first-order chi connectivity index (χ1) is 5.22. The molecule has 60 valence electrons. The lowest BCUT2D eigenvalue weighted by molar-refractivity contribution is 0.737. The Morgan fingerprint density at radius 1 is 1.64 bits per heavy atom. The molecule has 0 heteroatoms. The van der Waals surface area contributed by atoms with Gasteiger partial charge in [-0.3, -0.25) is 0 Å². The Morgan fingerprint density at radius 2 is 2.36 bits per heavy atom. The van der Waals surface area contributed by atoms with Crippen molar-refractivity contribution in [3.05, 3.63) is 36.0 Å². The topological polar surface area (TPSA) is 0 Å². The molecule has 0 heterocycles. The maximum atomic E-state index is 3.97. The van der Waals surface area contributed by atoms with E-state index in [9.17, 15) is 0 Å². The SMILES string of the molecule is C=C(C)C(C)C1=CC=CCC1. The lowest BCUT2D eigenvalue weighted by atomic mass is 9.89. The van der Waals surface area contributed by atoms with Gasteiger partial charge in [-0.05, 0) is 25.7 Å². The van der Waals surface area contributed by atoms with Crippen molar-refractivity contribution < 1.29 is 0 Å². The summed E-state index contributed by atoms with van der Waals surface area (Å²) in [7, 11) is 0. The normalized spacial score (nSPS) is 19.3. The van der Waals surface area contributed by atoms with Crippen molar-refractivity contribution in [2.45, 2.75) is 26.7 Å². The summed E-state index contributed by atoms with van der Waals surface area (Å²) in [5.41, 5.74) is 2.80. The standard InChI is InChI=1S/C11H16/c1-9(2)10(3)11-7-5-4-6-8-11/h4-5,7,10H,1,6,8H2,2-3H3. The Bertz CT molecular complexity index is 206. The molecule has 0 aromatic rings. The minimum Gasteiger partial charge on any atom is -0.0995 e. The van der Waals surface area contributed by atoms with E-state index in [4.69, 9.17) is 0 Å². The predicted molar refractivity (Wildman–Crippen MR) is 50.4 cm³/mol. The zero-order valence-corrected chi connectivity index (χ0v) is 7.43. The predicted octanol–water partition coefficient (Wildman–Crippen LogP) is 3.48. The van der Waals surface area contributed by atoms with Crippen molar-refractivity contribution in [1.29, 1.82) is 0 Å². The van der Waals surface area contributed by atoms with Crippen LogP contribution < -0.4 is 0 Å². The van der Waals surface area contributed by atoms with E-state index in [1.165, 1.54) is 24.0 Å². The first-order valence-corrected chi connectivity index (χ1v) is 4.23. The van der Waals surface area contributed by atoms with Crippen molar-refractivity contribution in [3.63, 3.8) is 0 Å². The molecule has 1 unspecified atom stereocenters. The minimum atomic E-state index is 0.569. The first kappa shape index (κ1) is 8.32. The minimum absolute atomic E-state index is 0.569. The van der Waals surface area contributed by atoms with E-state index in [0.29, 0.717) is 5.92 Å². The quantitative estimate of drug-likeness (QED) is 0.526. The Balaban J connectivity index is 2.66. The molecule has 1 atom stereocenters. The molecule has 0 spiro atoms. The average Bonchev–Trinajstić information content (AvgIpc) is 2.05. The molecule has 0 saturated heterocycles. The molecule has 0 N–H and O–H groups in total. The van der Waals surface area contributed by atoms with Crippen LogP contribution in [0.15, 0.2) is 36.0 Å². The van der Waals surface area contributed by atoms with Crippen LogP contribution in [0.25, 0.3) is 0 Å². The summed E-state index contributed by atoms with van der Waals surface area (Å²) in [5.74, 6) is 0.569. The average molecular weight is 148 g/mol. The van der Waals surface area contributed by atoms with Gasteiger partial charge in [0.1, 0.15) is 0 Å². The van der Waals surface area contributed by atoms with E-state index in [0.717, 1.165) is 0 Å². The van der Waals surface area contributed by atoms with Crippen LogP contribution in [0.3, 0.4) is 0 Å². The van der Waals surface area contributed by atoms with Crippen LogP contribution in [-0.4, -0.2) is 0 Å². The van der Waals surface area contributed by atoms with Crippen LogP contribution in [0.4, 0.5) is 0 Å². The second-order valence-corrected chi connectivity index (χ2v) is 3.28. The molecule has 1 rings (SSSR count). The number of rotatable bonds is 2. The summed E-state index contributed by atoms with van der Waals surface area (Å²) in [4.78, 5) is 0. The second kappa shape index (κ2) is 3.56. The van der Waals surface area contributed by atoms with Gasteiger partial charge in [-0.2, -0.15) is 0 Å². The molecule has 11 heavy (non-hydrogen) atoms. The molecule has 0 radical (unpaired) electrons. The molecule has 1 aliphatic carbocycles. The van der Waals surface area contributed by atoms with Crippen LogP contribution in [-0.2, 0) is 0 Å². The maximum Gasteiger partial charge on any atom is -0.00237 e. The Morgan fingerprint density at radius 3 is 2.82 bits per heavy atom. The van der Waals surface area contributed by atoms with Crippen molar-refractivity contribution in [3.8, 4) is 0 Å². The Labute approximate surface area is 69.3 Å². The van der Waals surface area contributed by atoms with Gasteiger partial charge in [0, 0.05) is 0 Å². The summed E-state index contributed by atoms with van der Waals surface area (Å²) in [5, 5.41) is 0. The van der Waals surface area contributed by atoms with Crippen LogP contribution >= 0.6 is 0 Å². The van der Waals surface area contributed by atoms with E-state index in [1.54, 1.807) is 0 Å². The molecular weight excluding hydrogens is 132 g/mol. The molecule has 0 aliphatic heterocycles. The van der Waals surface area contributed by atoms with Gasteiger partial charge in [-0.15, -0.1) is 0 Å². The van der Waals surface area contributed by atoms with Gasteiger partial charge in [-0.1, -0.05) is 42.9 Å². The van der Waals surface area contributed by atoms with Gasteiger partial charge in [0.25, 0.3) is 0 Å². The molecule has 0 aromatic carbocycles. The van der Waals surface area contributed by atoms with Gasteiger partial charge in [0.15, 0.2) is 0 Å². The largest absolute Gasteiger partial charge is 0.0995 e. The highest BCUT2D eigenvalue weighted by atomic mass is 14.1. The summed E-state index contributed by atoms with van der Waals surface area (Å²) in [6.45, 7) is 8.30. The maximum absolute atomic E-state index is 3.97. The number of hydrogen-bond donors (Lipinski definition) is 0. The first-order valence-electron chi connectivity index (χ1n) is 4.23. The molecule has 1 aliphatic rings. The van der Waals surface area contributed by atoms with Crippen LogP contribution in [0.1, 0.15) is 26.7 Å². The van der Waals surface area contributed by atoms with Gasteiger partial charge >= 0.3 is 0 Å². The fourth-order valence-corrected chi connectivity index (χ4v) is 1.30. The highest BCUT2D eigenvalue weighted by Gasteiger charge is 2.08. The molecule has 0 nitrogen and oxygen atoms in total. The van der Waals surface area contributed by atoms with Gasteiger partial charge in [-0.25, -0.2) is 0 Å². The fraction of sp³-hybridized carbons (Fsp3) is 0.455. The van der Waals surface area contributed by atoms with Crippen LogP contribution in [0, 0.1) is 5.92 Å². The third-order valence-electron chi connectivity index (χ3n) is 2.34. The third kappa shape index (κ3) is 2.07. The summed E-state index contributed by atoms with van der Waals surface area (Å²) >= 11 is 0. The monoisotopic (exact) mass is 148 g/mol. The highest BCUT2D eigenvalue weighted by Crippen LogP contribution is 2.24. The zero-order valence-electron chi connectivity index (χ0n) is 7.43. The molecule has 0 amide bonds. The lowest BCUT2D eigenvalue weighted by Gasteiger charge is -2.16. The van der Waals surface area contributed by atoms with Gasteiger partial charge < -0.3 is 0 Å². The molecule has 0 saturated carbocycles. The lowest BCUT2D eigenvalue weighted by Crippen LogP contribution is -2.01. The Kier molecular flexibility index (Phi) is 2.70. The zero-order chi connectivity index (χ0) is 8.27. The molecular formula is C11H16. The van der Waals surface area contributed by atoms with Crippen molar-refractivity contribution in [2.24, 2.45) is 5.92 Å². The highest BCUT2D eigenvalue weighted by molar-refractivity contribution is 5.24. The van der Waals surface area contributed by atoms with E-state index >= 15 is 0 Å². The van der Waals surface area contributed by atoms with Crippen molar-refractivity contribution in [2.75, 3.05) is 0 Å². The van der Waals surface area contributed by atoms with E-state index in [2.05, 4.69) is 38.7 Å². The van der Waals surface area contributed by atoms with E-state index < -0.39 is 0 Å². The van der Waals surface area contributed by atoms with Crippen LogP contribution in [0.2, 0.25) is 0 Å². The number of hydrogen-bond acceptors (Lipinski definition) is 0. The van der Waals surface area contributed by atoms with Gasteiger partial charge in [0.05, 0.1) is 0 Å². The summed E-state index contributed by atoms with van der Waals surface area (Å²) < 4.78 is 0. The van der Waals surface area contributed by atoms with E-state index in [-0.39, 0.29) is 0 Å².